The van der Waals surface area contributed by atoms with Crippen molar-refractivity contribution in [3.63, 3.8) is 0 Å². The quantitative estimate of drug-likeness (QED) is 0.697. The summed E-state index contributed by atoms with van der Waals surface area (Å²) >= 11 is 1.50. The van der Waals surface area contributed by atoms with Crippen molar-refractivity contribution >= 4 is 17.2 Å². The van der Waals surface area contributed by atoms with Gasteiger partial charge in [-0.2, -0.15) is 0 Å². The van der Waals surface area contributed by atoms with Gasteiger partial charge in [-0.1, -0.05) is 30.3 Å². The molecule has 0 aliphatic carbocycles. The van der Waals surface area contributed by atoms with Crippen molar-refractivity contribution in [1.29, 1.82) is 0 Å². The van der Waals surface area contributed by atoms with Crippen LogP contribution in [0.2, 0.25) is 0 Å². The van der Waals surface area contributed by atoms with Crippen LogP contribution in [0.4, 0.5) is 0 Å². The first-order valence-electron chi connectivity index (χ1n) is 7.91. The van der Waals surface area contributed by atoms with Gasteiger partial charge >= 0.3 is 5.69 Å². The van der Waals surface area contributed by atoms with E-state index in [0.29, 0.717) is 0 Å². The first kappa shape index (κ1) is 17.8. The average molecular weight is 370 g/mol. The van der Waals surface area contributed by atoms with Gasteiger partial charge in [-0.25, -0.2) is 9.78 Å². The van der Waals surface area contributed by atoms with Crippen LogP contribution in [0.1, 0.15) is 16.2 Å². The molecule has 0 aliphatic heterocycles. The van der Waals surface area contributed by atoms with Gasteiger partial charge in [-0.15, -0.1) is 11.3 Å². The lowest BCUT2D eigenvalue weighted by atomic mass is 10.2. The van der Waals surface area contributed by atoms with Gasteiger partial charge in [0.2, 0.25) is 0 Å². The first-order valence-corrected chi connectivity index (χ1v) is 8.79. The molecule has 2 aromatic heterocycles. The number of thiazole rings is 1. The predicted octanol–water partition coefficient (Wildman–Crippen LogP) is 1.48. The Morgan fingerprint density at radius 3 is 2.54 bits per heavy atom. The monoisotopic (exact) mass is 370 g/mol. The Bertz CT molecular complexity index is 1070. The van der Waals surface area contributed by atoms with Crippen molar-refractivity contribution in [2.75, 3.05) is 7.05 Å². The first-order chi connectivity index (χ1) is 12.4. The summed E-state index contributed by atoms with van der Waals surface area (Å²) in [5, 5.41) is 2.78. The molecule has 0 unspecified atom stereocenters. The zero-order valence-electron chi connectivity index (χ0n) is 14.7. The molecule has 26 heavy (non-hydrogen) atoms. The third kappa shape index (κ3) is 3.36. The summed E-state index contributed by atoms with van der Waals surface area (Å²) in [6.45, 7) is 0.283. The van der Waals surface area contributed by atoms with E-state index in [-0.39, 0.29) is 12.2 Å². The summed E-state index contributed by atoms with van der Waals surface area (Å²) in [4.78, 5) is 42.5. The highest BCUT2D eigenvalue weighted by molar-refractivity contribution is 7.13. The zero-order valence-corrected chi connectivity index (χ0v) is 15.5. The topological polar surface area (TPSA) is 77.2 Å². The largest absolute Gasteiger partial charge is 0.334 e. The minimum absolute atomic E-state index is 0.0547. The molecule has 0 fully saturated rings. The summed E-state index contributed by atoms with van der Waals surface area (Å²) in [6, 6.07) is 11.0. The lowest BCUT2D eigenvalue weighted by Gasteiger charge is -2.17. The Labute approximate surface area is 153 Å². The van der Waals surface area contributed by atoms with E-state index >= 15 is 0 Å². The minimum atomic E-state index is -0.533. The summed E-state index contributed by atoms with van der Waals surface area (Å²) in [7, 11) is 4.47. The lowest BCUT2D eigenvalue weighted by molar-refractivity contribution is 0.0771. The van der Waals surface area contributed by atoms with E-state index in [2.05, 4.69) is 4.98 Å². The molecule has 1 aromatic carbocycles. The molecule has 0 saturated heterocycles. The zero-order chi connectivity index (χ0) is 18.8. The van der Waals surface area contributed by atoms with Crippen LogP contribution >= 0.6 is 11.3 Å². The van der Waals surface area contributed by atoms with Crippen LogP contribution in [0.25, 0.3) is 10.6 Å². The van der Waals surface area contributed by atoms with Gasteiger partial charge in [0.1, 0.15) is 10.7 Å². The molecule has 0 radical (unpaired) electrons. The normalized spacial score (nSPS) is 10.7. The Hall–Kier alpha value is -3.00. The van der Waals surface area contributed by atoms with E-state index in [1.165, 1.54) is 41.0 Å². The minimum Gasteiger partial charge on any atom is -0.334 e. The van der Waals surface area contributed by atoms with Crippen molar-refractivity contribution in [2.45, 2.75) is 6.54 Å². The van der Waals surface area contributed by atoms with Crippen LogP contribution < -0.4 is 11.2 Å². The van der Waals surface area contributed by atoms with Crippen molar-refractivity contribution < 1.29 is 4.79 Å². The van der Waals surface area contributed by atoms with Crippen LogP contribution in [0.5, 0.6) is 0 Å². The predicted molar refractivity (Wildman–Crippen MR) is 100 cm³/mol. The molecule has 0 saturated carbocycles. The molecular formula is C18H18N4O3S. The number of amides is 1. The van der Waals surface area contributed by atoms with Crippen LogP contribution in [0.15, 0.2) is 51.4 Å². The molecule has 0 bridgehead atoms. The van der Waals surface area contributed by atoms with E-state index in [1.807, 2.05) is 35.7 Å². The molecule has 0 aliphatic rings. The Morgan fingerprint density at radius 2 is 1.85 bits per heavy atom. The molecule has 0 N–H and O–H groups in total. The average Bonchev–Trinajstić information content (AvgIpc) is 3.11. The van der Waals surface area contributed by atoms with Crippen LogP contribution in [0, 0.1) is 0 Å². The lowest BCUT2D eigenvalue weighted by Crippen LogP contribution is -2.41. The fourth-order valence-electron chi connectivity index (χ4n) is 2.54. The summed E-state index contributed by atoms with van der Waals surface area (Å²) in [5.41, 5.74) is 0.781. The molecule has 0 spiro atoms. The molecule has 134 valence electrons. The second-order valence-electron chi connectivity index (χ2n) is 5.94. The fraction of sp³-hybridized carbons (Fsp3) is 0.222. The summed E-state index contributed by atoms with van der Waals surface area (Å²) in [5.74, 6) is -0.406. The van der Waals surface area contributed by atoms with Gasteiger partial charge in [0, 0.05) is 38.2 Å². The van der Waals surface area contributed by atoms with Crippen molar-refractivity contribution in [3.05, 3.63) is 74.0 Å². The van der Waals surface area contributed by atoms with Crippen molar-refractivity contribution in [1.82, 2.24) is 19.0 Å². The Balaban J connectivity index is 1.82. The molecule has 0 atom stereocenters. The van der Waals surface area contributed by atoms with Gasteiger partial charge in [-0.3, -0.25) is 18.7 Å². The van der Waals surface area contributed by atoms with Crippen LogP contribution in [-0.2, 0) is 20.6 Å². The molecule has 8 heteroatoms. The number of carbonyl (C=O) groups is 1. The number of rotatable bonds is 4. The Kier molecular flexibility index (Phi) is 4.85. The summed E-state index contributed by atoms with van der Waals surface area (Å²) in [6.07, 6.45) is 0. The van der Waals surface area contributed by atoms with Crippen molar-refractivity contribution in [3.8, 4) is 10.6 Å². The third-order valence-corrected chi connectivity index (χ3v) is 5.00. The SMILES string of the molecule is CN(Cc1csc(-c2ccccc2)n1)C(=O)c1cc(=O)n(C)c(=O)n1C. The van der Waals surface area contributed by atoms with Gasteiger partial charge in [0.05, 0.1) is 12.2 Å². The molecule has 3 aromatic rings. The fourth-order valence-corrected chi connectivity index (χ4v) is 3.36. The third-order valence-electron chi connectivity index (χ3n) is 4.06. The number of nitrogens with zero attached hydrogens (tertiary/aromatic N) is 4. The second-order valence-corrected chi connectivity index (χ2v) is 6.80. The number of hydrogen-bond acceptors (Lipinski definition) is 5. The number of benzene rings is 1. The van der Waals surface area contributed by atoms with E-state index in [1.54, 1.807) is 7.05 Å². The molecule has 3 rings (SSSR count). The number of aromatic nitrogens is 3. The highest BCUT2D eigenvalue weighted by Gasteiger charge is 2.18. The van der Waals surface area contributed by atoms with Gasteiger partial charge in [-0.05, 0) is 0 Å². The van der Waals surface area contributed by atoms with E-state index in [0.717, 1.165) is 20.8 Å². The standard InChI is InChI=1S/C18H18N4O3S/c1-20(17(24)14-9-15(23)22(3)18(25)21(14)2)10-13-11-26-16(19-13)12-7-5-4-6-8-12/h4-9,11H,10H2,1-3H3. The molecule has 1 amide bonds. The van der Waals surface area contributed by atoms with E-state index in [9.17, 15) is 14.4 Å². The van der Waals surface area contributed by atoms with E-state index in [4.69, 9.17) is 0 Å². The maximum absolute atomic E-state index is 12.7. The molecule has 2 heterocycles. The van der Waals surface area contributed by atoms with Gasteiger partial charge in [0.25, 0.3) is 11.5 Å². The summed E-state index contributed by atoms with van der Waals surface area (Å²) < 4.78 is 2.14. The highest BCUT2D eigenvalue weighted by atomic mass is 32.1. The number of hydrogen-bond donors (Lipinski definition) is 0. The van der Waals surface area contributed by atoms with Crippen LogP contribution in [-0.4, -0.2) is 32.0 Å². The number of carbonyl (C=O) groups excluding carboxylic acids is 1. The maximum Gasteiger partial charge on any atom is 0.331 e. The molecule has 7 nitrogen and oxygen atoms in total. The smallest absolute Gasteiger partial charge is 0.331 e. The second kappa shape index (κ2) is 7.09. The van der Waals surface area contributed by atoms with Crippen molar-refractivity contribution in [2.24, 2.45) is 14.1 Å². The maximum atomic E-state index is 12.7. The van der Waals surface area contributed by atoms with Gasteiger partial charge in [0.15, 0.2) is 0 Å². The molecular weight excluding hydrogens is 352 g/mol. The van der Waals surface area contributed by atoms with E-state index < -0.39 is 17.2 Å². The van der Waals surface area contributed by atoms with Gasteiger partial charge < -0.3 is 4.90 Å². The van der Waals surface area contributed by atoms with Crippen LogP contribution in [0.3, 0.4) is 0 Å². The highest BCUT2D eigenvalue weighted by Crippen LogP contribution is 2.23. The Morgan fingerprint density at radius 1 is 1.15 bits per heavy atom.